The zero-order valence-corrected chi connectivity index (χ0v) is 14.3. The van der Waals surface area contributed by atoms with Crippen molar-refractivity contribution in [3.8, 4) is 0 Å². The van der Waals surface area contributed by atoms with Crippen molar-refractivity contribution in [1.29, 1.82) is 0 Å². The summed E-state index contributed by atoms with van der Waals surface area (Å²) in [7, 11) is 2.11. The predicted molar refractivity (Wildman–Crippen MR) is 99.9 cm³/mol. The van der Waals surface area contributed by atoms with Gasteiger partial charge in [0.05, 0.1) is 0 Å². The smallest absolute Gasteiger partial charge is 0.158 e. The third-order valence-corrected chi connectivity index (χ3v) is 4.76. The fraction of sp³-hybridized carbons (Fsp3) is 0.263. The van der Waals surface area contributed by atoms with Gasteiger partial charge in [-0.25, -0.2) is 20.0 Å². The molecule has 0 fully saturated rings. The number of rotatable bonds is 4. The van der Waals surface area contributed by atoms with E-state index >= 15 is 0 Å². The molecule has 0 radical (unpaired) electrons. The first kappa shape index (κ1) is 15.7. The number of benzene rings is 1. The molecule has 2 aromatic heterocycles. The van der Waals surface area contributed by atoms with Gasteiger partial charge in [0.15, 0.2) is 5.84 Å². The fourth-order valence-corrected chi connectivity index (χ4v) is 3.13. The van der Waals surface area contributed by atoms with E-state index in [4.69, 9.17) is 4.99 Å². The van der Waals surface area contributed by atoms with E-state index in [9.17, 15) is 0 Å². The molecule has 1 aliphatic rings. The first-order chi connectivity index (χ1) is 12.2. The molecule has 6 heteroatoms. The van der Waals surface area contributed by atoms with E-state index < -0.39 is 0 Å². The maximum Gasteiger partial charge on any atom is 0.158 e. The second-order valence-electron chi connectivity index (χ2n) is 6.22. The molecule has 0 saturated carbocycles. The minimum Gasteiger partial charge on any atom is -0.345 e. The summed E-state index contributed by atoms with van der Waals surface area (Å²) < 4.78 is 0. The van der Waals surface area contributed by atoms with E-state index in [0.717, 1.165) is 28.9 Å². The van der Waals surface area contributed by atoms with E-state index in [-0.39, 0.29) is 12.2 Å². The van der Waals surface area contributed by atoms with Crippen LogP contribution in [-0.4, -0.2) is 45.1 Å². The lowest BCUT2D eigenvalue weighted by Gasteiger charge is -2.31. The van der Waals surface area contributed by atoms with Crippen molar-refractivity contribution in [2.45, 2.75) is 25.6 Å². The van der Waals surface area contributed by atoms with Crippen molar-refractivity contribution in [3.63, 3.8) is 0 Å². The maximum atomic E-state index is 4.89. The van der Waals surface area contributed by atoms with Crippen molar-refractivity contribution in [2.75, 3.05) is 7.05 Å². The Morgan fingerprint density at radius 1 is 1.24 bits per heavy atom. The van der Waals surface area contributed by atoms with E-state index in [0.29, 0.717) is 0 Å². The number of hydrogen-bond acceptors (Lipinski definition) is 5. The van der Waals surface area contributed by atoms with Crippen molar-refractivity contribution in [2.24, 2.45) is 9.98 Å². The van der Waals surface area contributed by atoms with Gasteiger partial charge in [-0.15, -0.1) is 0 Å². The summed E-state index contributed by atoms with van der Waals surface area (Å²) in [5.74, 6) is 0.726. The maximum absolute atomic E-state index is 4.89. The highest BCUT2D eigenvalue weighted by Gasteiger charge is 2.23. The molecule has 0 bridgehead atoms. The largest absolute Gasteiger partial charge is 0.345 e. The van der Waals surface area contributed by atoms with Crippen LogP contribution in [0.5, 0.6) is 0 Å². The number of hydrogen-bond donors (Lipinski definition) is 1. The summed E-state index contributed by atoms with van der Waals surface area (Å²) >= 11 is 0. The van der Waals surface area contributed by atoms with Gasteiger partial charge in [0.1, 0.15) is 18.1 Å². The molecule has 1 aromatic carbocycles. The summed E-state index contributed by atoms with van der Waals surface area (Å²) in [6.45, 7) is 2.20. The Bertz CT molecular complexity index is 927. The van der Waals surface area contributed by atoms with Crippen molar-refractivity contribution >= 4 is 23.1 Å². The number of aromatic nitrogens is 3. The lowest BCUT2D eigenvalue weighted by Crippen LogP contribution is -2.35. The lowest BCUT2D eigenvalue weighted by molar-refractivity contribution is 0.194. The molecule has 1 unspecified atom stereocenters. The van der Waals surface area contributed by atoms with E-state index in [2.05, 4.69) is 63.1 Å². The highest BCUT2D eigenvalue weighted by atomic mass is 15.3. The van der Waals surface area contributed by atoms with Crippen LogP contribution in [0, 0.1) is 0 Å². The molecule has 0 saturated heterocycles. The lowest BCUT2D eigenvalue weighted by atomic mass is 10.1. The van der Waals surface area contributed by atoms with Crippen LogP contribution >= 0.6 is 0 Å². The molecule has 0 amide bonds. The normalized spacial score (nSPS) is 18.5. The Labute approximate surface area is 146 Å². The molecule has 3 aromatic rings. The third kappa shape index (κ3) is 2.96. The van der Waals surface area contributed by atoms with Gasteiger partial charge in [-0.1, -0.05) is 30.3 Å². The Morgan fingerprint density at radius 3 is 2.92 bits per heavy atom. The average molecular weight is 332 g/mol. The van der Waals surface area contributed by atoms with Crippen LogP contribution in [0.1, 0.15) is 30.5 Å². The summed E-state index contributed by atoms with van der Waals surface area (Å²) in [4.78, 5) is 23.2. The number of fused-ring (bicyclic) bond motifs is 1. The zero-order valence-electron chi connectivity index (χ0n) is 14.3. The molecule has 0 spiro atoms. The first-order valence-electron chi connectivity index (χ1n) is 8.38. The molecule has 1 N–H and O–H groups in total. The Balaban J connectivity index is 1.63. The molecule has 2 atom stereocenters. The van der Waals surface area contributed by atoms with E-state index in [1.165, 1.54) is 11.9 Å². The summed E-state index contributed by atoms with van der Waals surface area (Å²) in [6, 6.07) is 10.8. The van der Waals surface area contributed by atoms with Crippen molar-refractivity contribution in [3.05, 3.63) is 60.2 Å². The summed E-state index contributed by atoms with van der Waals surface area (Å²) in [5.41, 5.74) is 3.03. The van der Waals surface area contributed by atoms with Crippen LogP contribution in [0.3, 0.4) is 0 Å². The molecule has 6 nitrogen and oxygen atoms in total. The molecule has 126 valence electrons. The van der Waals surface area contributed by atoms with Gasteiger partial charge in [0.25, 0.3) is 0 Å². The van der Waals surface area contributed by atoms with Crippen molar-refractivity contribution in [1.82, 2.24) is 19.9 Å². The van der Waals surface area contributed by atoms with Crippen molar-refractivity contribution < 1.29 is 0 Å². The zero-order chi connectivity index (χ0) is 17.2. The molecule has 3 heterocycles. The SMILES string of the molecule is C[C@@H](c1ccccc1)N(C)C1CC=NC(c2c[nH]c3ncncc23)=N1. The van der Waals surface area contributed by atoms with Crippen LogP contribution in [0.4, 0.5) is 0 Å². The minimum atomic E-state index is 0.0530. The molecular weight excluding hydrogens is 312 g/mol. The van der Waals surface area contributed by atoms with Crippen LogP contribution in [0.25, 0.3) is 11.0 Å². The van der Waals surface area contributed by atoms with Gasteiger partial charge < -0.3 is 4.98 Å². The first-order valence-corrected chi connectivity index (χ1v) is 8.38. The second-order valence-corrected chi connectivity index (χ2v) is 6.22. The number of amidine groups is 1. The number of aromatic amines is 1. The Kier molecular flexibility index (Phi) is 4.11. The van der Waals surface area contributed by atoms with E-state index in [1.807, 2.05) is 18.5 Å². The Hall–Kier alpha value is -2.86. The van der Waals surface area contributed by atoms with Gasteiger partial charge in [0.2, 0.25) is 0 Å². The number of nitrogens with zero attached hydrogens (tertiary/aromatic N) is 5. The number of H-pyrrole nitrogens is 1. The molecule has 25 heavy (non-hydrogen) atoms. The van der Waals surface area contributed by atoms with Gasteiger partial charge in [0, 0.05) is 42.0 Å². The van der Waals surface area contributed by atoms with Gasteiger partial charge in [-0.05, 0) is 19.5 Å². The predicted octanol–water partition coefficient (Wildman–Crippen LogP) is 3.20. The number of nitrogens with one attached hydrogen (secondary N) is 1. The molecular formula is C19H20N6. The minimum absolute atomic E-state index is 0.0530. The third-order valence-electron chi connectivity index (χ3n) is 4.76. The molecule has 4 rings (SSSR count). The molecule has 0 aliphatic carbocycles. The molecule has 1 aliphatic heterocycles. The average Bonchev–Trinajstić information content (AvgIpc) is 3.12. The fourth-order valence-electron chi connectivity index (χ4n) is 3.13. The van der Waals surface area contributed by atoms with Crippen LogP contribution in [0.15, 0.2) is 59.0 Å². The summed E-state index contributed by atoms with van der Waals surface area (Å²) in [6.07, 6.45) is 8.04. The van der Waals surface area contributed by atoms with Gasteiger partial charge >= 0.3 is 0 Å². The van der Waals surface area contributed by atoms with Crippen LogP contribution in [-0.2, 0) is 0 Å². The highest BCUT2D eigenvalue weighted by molar-refractivity contribution is 6.11. The standard InChI is InChI=1S/C19H20N6/c1-13(14-6-4-3-5-7-14)25(2)17-8-9-21-19(24-17)16-11-22-18-15(16)10-20-12-23-18/h3-7,9-13,17H,8H2,1-2H3,(H,20,22,23)/t13-,17?/m0/s1. The van der Waals surface area contributed by atoms with E-state index in [1.54, 1.807) is 6.20 Å². The monoisotopic (exact) mass is 332 g/mol. The van der Waals surface area contributed by atoms with Gasteiger partial charge in [-0.3, -0.25) is 4.90 Å². The quantitative estimate of drug-likeness (QED) is 0.797. The van der Waals surface area contributed by atoms with Crippen LogP contribution < -0.4 is 0 Å². The highest BCUT2D eigenvalue weighted by Crippen LogP contribution is 2.25. The summed E-state index contributed by atoms with van der Waals surface area (Å²) in [5, 5.41) is 0.942. The second kappa shape index (κ2) is 6.57. The number of aliphatic imine (C=N–C) groups is 2. The van der Waals surface area contributed by atoms with Crippen LogP contribution in [0.2, 0.25) is 0 Å². The topological polar surface area (TPSA) is 69.5 Å². The van der Waals surface area contributed by atoms with Gasteiger partial charge in [-0.2, -0.15) is 0 Å². The Morgan fingerprint density at radius 2 is 2.08 bits per heavy atom.